The number of hydrogen-bond acceptors (Lipinski definition) is 2. The van der Waals surface area contributed by atoms with Gasteiger partial charge in [-0.05, 0) is 31.0 Å². The maximum Gasteiger partial charge on any atom is 0.396 e. The Morgan fingerprint density at radius 1 is 1.45 bits per heavy atom. The summed E-state index contributed by atoms with van der Waals surface area (Å²) in [5, 5.41) is 3.07. The fourth-order valence-electron chi connectivity index (χ4n) is 1.85. The molecule has 1 fully saturated rings. The summed E-state index contributed by atoms with van der Waals surface area (Å²) in [7, 11) is 1.48. The van der Waals surface area contributed by atoms with Crippen LogP contribution in [-0.2, 0) is 0 Å². The van der Waals surface area contributed by atoms with E-state index < -0.39 is 11.6 Å². The lowest BCUT2D eigenvalue weighted by Crippen LogP contribution is -2.30. The zero-order chi connectivity index (χ0) is 15.7. The van der Waals surface area contributed by atoms with Crippen molar-refractivity contribution in [2.45, 2.75) is 19.0 Å². The first kappa shape index (κ1) is 19.1. The number of benzene rings is 1. The van der Waals surface area contributed by atoms with Crippen LogP contribution in [0.15, 0.2) is 23.2 Å². The van der Waals surface area contributed by atoms with E-state index in [9.17, 15) is 13.2 Å². The van der Waals surface area contributed by atoms with Crippen molar-refractivity contribution in [3.05, 3.63) is 23.2 Å². The topological polar surface area (TPSA) is 59.6 Å². The van der Waals surface area contributed by atoms with Gasteiger partial charge in [0.2, 0.25) is 0 Å². The van der Waals surface area contributed by atoms with Gasteiger partial charge in [-0.25, -0.2) is 0 Å². The summed E-state index contributed by atoms with van der Waals surface area (Å²) in [5.74, 6) is 0.415. The molecule has 0 unspecified atom stereocenters. The Labute approximate surface area is 148 Å². The van der Waals surface area contributed by atoms with Crippen molar-refractivity contribution < 1.29 is 17.9 Å². The highest BCUT2D eigenvalue weighted by Gasteiger charge is 2.63. The van der Waals surface area contributed by atoms with Crippen LogP contribution in [0.25, 0.3) is 0 Å². The maximum atomic E-state index is 12.7. The molecule has 1 aliphatic carbocycles. The van der Waals surface area contributed by atoms with Gasteiger partial charge in [-0.3, -0.25) is 4.99 Å². The first-order chi connectivity index (χ1) is 9.77. The molecule has 0 heterocycles. The van der Waals surface area contributed by atoms with E-state index in [1.165, 1.54) is 7.11 Å². The predicted octanol–water partition coefficient (Wildman–Crippen LogP) is 4.04. The van der Waals surface area contributed by atoms with Gasteiger partial charge in [0.05, 0.1) is 24.1 Å². The van der Waals surface area contributed by atoms with Crippen LogP contribution in [0.2, 0.25) is 5.02 Å². The Balaban J connectivity index is 0.00000242. The molecule has 4 nitrogen and oxygen atoms in total. The normalized spacial score (nSPS) is 16.7. The van der Waals surface area contributed by atoms with Crippen molar-refractivity contribution in [1.29, 1.82) is 0 Å². The first-order valence-electron chi connectivity index (χ1n) is 6.25. The van der Waals surface area contributed by atoms with Crippen LogP contribution in [0.3, 0.4) is 0 Å². The Kier molecular flexibility index (Phi) is 6.19. The number of rotatable bonds is 4. The molecule has 2 rings (SSSR count). The summed E-state index contributed by atoms with van der Waals surface area (Å²) >= 11 is 5.94. The van der Waals surface area contributed by atoms with E-state index in [0.717, 1.165) is 0 Å². The summed E-state index contributed by atoms with van der Waals surface area (Å²) in [6, 6.07) is 4.82. The Morgan fingerprint density at radius 2 is 2.09 bits per heavy atom. The summed E-state index contributed by atoms with van der Waals surface area (Å²) in [6.45, 7) is -0.362. The van der Waals surface area contributed by atoms with Crippen molar-refractivity contribution in [3.8, 4) is 5.75 Å². The maximum absolute atomic E-state index is 12.7. The zero-order valence-electron chi connectivity index (χ0n) is 11.7. The number of methoxy groups -OCH3 is 1. The molecular weight excluding hydrogens is 434 g/mol. The number of aliphatic imine (C=N–C) groups is 1. The number of nitrogens with two attached hydrogens (primary N) is 1. The molecule has 0 aromatic heterocycles. The van der Waals surface area contributed by atoms with Crippen LogP contribution in [0, 0.1) is 5.41 Å². The highest BCUT2D eigenvalue weighted by Crippen LogP contribution is 2.57. The second kappa shape index (κ2) is 7.12. The van der Waals surface area contributed by atoms with Gasteiger partial charge in [0.25, 0.3) is 0 Å². The van der Waals surface area contributed by atoms with Crippen LogP contribution < -0.4 is 15.8 Å². The molecule has 0 bridgehead atoms. The molecule has 0 radical (unpaired) electrons. The van der Waals surface area contributed by atoms with Gasteiger partial charge in [-0.1, -0.05) is 11.6 Å². The lowest BCUT2D eigenvalue weighted by atomic mass is 10.1. The number of nitrogens with one attached hydrogen (secondary N) is 1. The molecule has 22 heavy (non-hydrogen) atoms. The van der Waals surface area contributed by atoms with E-state index in [-0.39, 0.29) is 49.3 Å². The Morgan fingerprint density at radius 3 is 2.55 bits per heavy atom. The number of hydrogen-bond donors (Lipinski definition) is 2. The van der Waals surface area contributed by atoms with Crippen LogP contribution in [0.5, 0.6) is 5.75 Å². The minimum Gasteiger partial charge on any atom is -0.495 e. The number of nitrogens with zero attached hydrogens (tertiary/aromatic N) is 1. The molecule has 3 N–H and O–H groups in total. The van der Waals surface area contributed by atoms with Gasteiger partial charge in [0.1, 0.15) is 5.75 Å². The van der Waals surface area contributed by atoms with Crippen molar-refractivity contribution in [3.63, 3.8) is 0 Å². The molecule has 9 heteroatoms. The van der Waals surface area contributed by atoms with Crippen LogP contribution >= 0.6 is 35.6 Å². The third-order valence-corrected chi connectivity index (χ3v) is 3.73. The predicted molar refractivity (Wildman–Crippen MR) is 91.3 cm³/mol. The molecule has 1 aromatic carbocycles. The standard InChI is InChI=1S/C13H15ClF3N3O.HI/c1-21-10-3-2-8(6-9(10)14)20-11(18)19-7-12(4-5-12)13(15,16)17;/h2-3,6H,4-5,7H2,1H3,(H3,18,19,20);1H. The summed E-state index contributed by atoms with van der Waals surface area (Å²) in [6.07, 6.45) is -4.04. The summed E-state index contributed by atoms with van der Waals surface area (Å²) in [4.78, 5) is 3.78. The van der Waals surface area contributed by atoms with Gasteiger partial charge in [0, 0.05) is 5.69 Å². The molecule has 0 aliphatic heterocycles. The third-order valence-electron chi connectivity index (χ3n) is 3.43. The quantitative estimate of drug-likeness (QED) is 0.414. The highest BCUT2D eigenvalue weighted by molar-refractivity contribution is 14.0. The SMILES string of the molecule is COc1ccc(NC(N)=NCC2(C(F)(F)F)CC2)cc1Cl.I. The molecule has 1 aromatic rings. The van der Waals surface area contributed by atoms with E-state index in [4.69, 9.17) is 22.1 Å². The summed E-state index contributed by atoms with van der Waals surface area (Å²) < 4.78 is 43.2. The molecule has 124 valence electrons. The van der Waals surface area contributed by atoms with E-state index in [1.54, 1.807) is 18.2 Å². The van der Waals surface area contributed by atoms with Gasteiger partial charge in [-0.15, -0.1) is 24.0 Å². The molecule has 1 aliphatic rings. The zero-order valence-corrected chi connectivity index (χ0v) is 14.8. The minimum atomic E-state index is -4.24. The van der Waals surface area contributed by atoms with Crippen LogP contribution in [0.4, 0.5) is 18.9 Å². The van der Waals surface area contributed by atoms with Crippen molar-refractivity contribution in [2.75, 3.05) is 19.0 Å². The highest BCUT2D eigenvalue weighted by atomic mass is 127. The first-order valence-corrected chi connectivity index (χ1v) is 6.62. The second-order valence-corrected chi connectivity index (χ2v) is 5.36. The number of ether oxygens (including phenoxy) is 1. The minimum absolute atomic E-state index is 0. The van der Waals surface area contributed by atoms with Crippen molar-refractivity contribution >= 4 is 47.2 Å². The van der Waals surface area contributed by atoms with E-state index in [0.29, 0.717) is 16.5 Å². The molecule has 1 saturated carbocycles. The largest absolute Gasteiger partial charge is 0.495 e. The average Bonchev–Trinajstić information content (AvgIpc) is 3.17. The van der Waals surface area contributed by atoms with Gasteiger partial charge < -0.3 is 15.8 Å². The number of anilines is 1. The molecular formula is C13H16ClF3IN3O. The monoisotopic (exact) mass is 449 g/mol. The fraction of sp³-hybridized carbons (Fsp3) is 0.462. The molecule has 0 spiro atoms. The number of alkyl halides is 3. The third kappa shape index (κ3) is 4.31. The van der Waals surface area contributed by atoms with E-state index in [1.807, 2.05) is 0 Å². The lowest BCUT2D eigenvalue weighted by Gasteiger charge is -2.17. The van der Waals surface area contributed by atoms with Gasteiger partial charge in [-0.2, -0.15) is 13.2 Å². The van der Waals surface area contributed by atoms with E-state index in [2.05, 4.69) is 10.3 Å². The number of guanidine groups is 1. The number of halogens is 5. The molecule has 0 saturated heterocycles. The average molecular weight is 450 g/mol. The second-order valence-electron chi connectivity index (χ2n) is 4.95. The van der Waals surface area contributed by atoms with Gasteiger partial charge in [0.15, 0.2) is 5.96 Å². The Bertz CT molecular complexity index is 562. The van der Waals surface area contributed by atoms with Crippen LogP contribution in [-0.4, -0.2) is 25.8 Å². The Hall–Kier alpha value is -0.900. The molecule has 0 atom stereocenters. The smallest absolute Gasteiger partial charge is 0.396 e. The van der Waals surface area contributed by atoms with Crippen LogP contribution in [0.1, 0.15) is 12.8 Å². The lowest BCUT2D eigenvalue weighted by molar-refractivity contribution is -0.183. The van der Waals surface area contributed by atoms with E-state index >= 15 is 0 Å². The summed E-state index contributed by atoms with van der Waals surface area (Å²) in [5.41, 5.74) is 4.43. The molecule has 0 amide bonds. The fourth-order valence-corrected chi connectivity index (χ4v) is 2.11. The van der Waals surface area contributed by atoms with Crippen molar-refractivity contribution in [1.82, 2.24) is 0 Å². The van der Waals surface area contributed by atoms with Gasteiger partial charge >= 0.3 is 6.18 Å². The van der Waals surface area contributed by atoms with Crippen molar-refractivity contribution in [2.24, 2.45) is 16.1 Å².